The Hall–Kier alpha value is -2.60. The van der Waals surface area contributed by atoms with E-state index in [2.05, 4.69) is 9.73 Å². The Morgan fingerprint density at radius 2 is 1.96 bits per heavy atom. The molecule has 1 heterocycles. The number of carbonyl (C=O) groups excluding carboxylic acids is 1. The molecule has 2 aromatic carbocycles. The van der Waals surface area contributed by atoms with Gasteiger partial charge in [0, 0.05) is 11.0 Å². The molecule has 0 N–H and O–H groups in total. The minimum Gasteiger partial charge on any atom is -0.472 e. The standard InChI is InChI=1S/C18H14FNO3S/c1-22-17(21)10-16-18(20-14-4-2-3-5-15(14)24-16)23-11-12-6-8-13(19)9-7-12/h2-10H,11H2,1H3. The van der Waals surface area contributed by atoms with Crippen molar-refractivity contribution in [1.82, 2.24) is 0 Å². The van der Waals surface area contributed by atoms with Crippen molar-refractivity contribution in [1.29, 1.82) is 0 Å². The van der Waals surface area contributed by atoms with Crippen LogP contribution in [0.25, 0.3) is 0 Å². The van der Waals surface area contributed by atoms with Crippen molar-refractivity contribution in [3.8, 4) is 0 Å². The Balaban J connectivity index is 1.85. The lowest BCUT2D eigenvalue weighted by molar-refractivity contribution is -0.134. The Kier molecular flexibility index (Phi) is 4.96. The van der Waals surface area contributed by atoms with Gasteiger partial charge in [0.15, 0.2) is 0 Å². The number of fused-ring (bicyclic) bond motifs is 1. The second-order valence-corrected chi connectivity index (χ2v) is 6.02. The van der Waals surface area contributed by atoms with Crippen molar-refractivity contribution in [2.45, 2.75) is 11.5 Å². The van der Waals surface area contributed by atoms with Crippen molar-refractivity contribution in [2.24, 2.45) is 4.99 Å². The summed E-state index contributed by atoms with van der Waals surface area (Å²) in [6, 6.07) is 13.6. The Morgan fingerprint density at radius 1 is 1.21 bits per heavy atom. The van der Waals surface area contributed by atoms with Crippen LogP contribution in [0.5, 0.6) is 0 Å². The topological polar surface area (TPSA) is 47.9 Å². The van der Waals surface area contributed by atoms with E-state index in [0.29, 0.717) is 10.8 Å². The average Bonchev–Trinajstić information content (AvgIpc) is 2.61. The second-order valence-electron chi connectivity index (χ2n) is 4.93. The molecular formula is C18H14FNO3S. The van der Waals surface area contributed by atoms with Crippen LogP contribution in [-0.2, 0) is 20.9 Å². The lowest BCUT2D eigenvalue weighted by atomic mass is 10.2. The maximum Gasteiger partial charge on any atom is 0.331 e. The van der Waals surface area contributed by atoms with E-state index < -0.39 is 5.97 Å². The van der Waals surface area contributed by atoms with Gasteiger partial charge in [-0.1, -0.05) is 36.0 Å². The van der Waals surface area contributed by atoms with Crippen LogP contribution in [0.3, 0.4) is 0 Å². The zero-order valence-electron chi connectivity index (χ0n) is 12.9. The number of rotatable bonds is 3. The molecule has 0 spiro atoms. The van der Waals surface area contributed by atoms with Crippen molar-refractivity contribution in [3.05, 3.63) is 70.9 Å². The number of esters is 1. The van der Waals surface area contributed by atoms with Gasteiger partial charge in [-0.3, -0.25) is 0 Å². The highest BCUT2D eigenvalue weighted by molar-refractivity contribution is 8.04. The largest absolute Gasteiger partial charge is 0.472 e. The SMILES string of the molecule is COC(=O)C=C1Sc2ccccc2N=C1OCc1ccc(F)cc1. The number of nitrogens with zero attached hydrogens (tertiary/aromatic N) is 1. The first-order valence-electron chi connectivity index (χ1n) is 7.18. The number of aliphatic imine (C=N–C) groups is 1. The fourth-order valence-electron chi connectivity index (χ4n) is 2.06. The third-order valence-corrected chi connectivity index (χ3v) is 4.33. The van der Waals surface area contributed by atoms with E-state index in [1.807, 2.05) is 24.3 Å². The second kappa shape index (κ2) is 7.31. The van der Waals surface area contributed by atoms with E-state index in [1.165, 1.54) is 37.1 Å². The van der Waals surface area contributed by atoms with E-state index in [9.17, 15) is 9.18 Å². The molecule has 0 aromatic heterocycles. The van der Waals surface area contributed by atoms with Crippen LogP contribution in [-0.4, -0.2) is 19.0 Å². The number of hydrogen-bond donors (Lipinski definition) is 0. The first-order chi connectivity index (χ1) is 11.7. The summed E-state index contributed by atoms with van der Waals surface area (Å²) in [6.45, 7) is 0.223. The third-order valence-electron chi connectivity index (χ3n) is 3.26. The highest BCUT2D eigenvalue weighted by Crippen LogP contribution is 2.40. The molecule has 24 heavy (non-hydrogen) atoms. The van der Waals surface area contributed by atoms with Crippen LogP contribution < -0.4 is 0 Å². The lowest BCUT2D eigenvalue weighted by Gasteiger charge is -2.18. The molecule has 0 bridgehead atoms. The van der Waals surface area contributed by atoms with Gasteiger partial charge >= 0.3 is 5.97 Å². The molecule has 6 heteroatoms. The van der Waals surface area contributed by atoms with Gasteiger partial charge in [0.1, 0.15) is 12.4 Å². The van der Waals surface area contributed by atoms with Gasteiger partial charge in [0.2, 0.25) is 5.90 Å². The number of para-hydroxylation sites is 1. The normalized spacial score (nSPS) is 14.8. The molecule has 0 unspecified atom stereocenters. The van der Waals surface area contributed by atoms with Crippen molar-refractivity contribution in [2.75, 3.05) is 7.11 Å². The summed E-state index contributed by atoms with van der Waals surface area (Å²) in [4.78, 5) is 17.6. The molecule has 1 aliphatic rings. The molecule has 4 nitrogen and oxygen atoms in total. The van der Waals surface area contributed by atoms with Gasteiger partial charge in [-0.2, -0.15) is 0 Å². The number of benzene rings is 2. The summed E-state index contributed by atoms with van der Waals surface area (Å²) >= 11 is 1.39. The molecule has 0 saturated heterocycles. The fraction of sp³-hybridized carbons (Fsp3) is 0.111. The molecule has 0 saturated carbocycles. The maximum absolute atomic E-state index is 13.0. The number of ether oxygens (including phenoxy) is 2. The van der Waals surface area contributed by atoms with E-state index in [1.54, 1.807) is 12.1 Å². The van der Waals surface area contributed by atoms with Gasteiger partial charge in [-0.15, -0.1) is 0 Å². The number of hydrogen-bond acceptors (Lipinski definition) is 5. The molecule has 1 aliphatic heterocycles. The van der Waals surface area contributed by atoms with Gasteiger partial charge in [0.25, 0.3) is 0 Å². The van der Waals surface area contributed by atoms with Crippen LogP contribution in [0, 0.1) is 5.82 Å². The number of methoxy groups -OCH3 is 1. The zero-order valence-corrected chi connectivity index (χ0v) is 13.7. The van der Waals surface area contributed by atoms with Gasteiger partial charge in [0.05, 0.1) is 17.7 Å². The van der Waals surface area contributed by atoms with E-state index >= 15 is 0 Å². The lowest BCUT2D eigenvalue weighted by Crippen LogP contribution is -2.11. The summed E-state index contributed by atoms with van der Waals surface area (Å²) in [5.41, 5.74) is 1.58. The number of thioether (sulfide) groups is 1. The van der Waals surface area contributed by atoms with Crippen molar-refractivity contribution < 1.29 is 18.7 Å². The average molecular weight is 343 g/mol. The monoisotopic (exact) mass is 343 g/mol. The molecule has 0 atom stereocenters. The summed E-state index contributed by atoms with van der Waals surface area (Å²) in [7, 11) is 1.32. The van der Waals surface area contributed by atoms with Gasteiger partial charge in [-0.05, 0) is 29.8 Å². The predicted octanol–water partition coefficient (Wildman–Crippen LogP) is 4.24. The summed E-state index contributed by atoms with van der Waals surface area (Å²) in [5.74, 6) is -0.437. The van der Waals surface area contributed by atoms with Crippen molar-refractivity contribution in [3.63, 3.8) is 0 Å². The van der Waals surface area contributed by atoms with Crippen LogP contribution in [0.4, 0.5) is 10.1 Å². The molecule has 122 valence electrons. The minimum atomic E-state index is -0.477. The van der Waals surface area contributed by atoms with Gasteiger partial charge < -0.3 is 9.47 Å². The molecule has 0 amide bonds. The van der Waals surface area contributed by atoms with Crippen LogP contribution in [0.2, 0.25) is 0 Å². The van der Waals surface area contributed by atoms with Crippen LogP contribution in [0.15, 0.2) is 69.4 Å². The predicted molar refractivity (Wildman–Crippen MR) is 90.7 cm³/mol. The van der Waals surface area contributed by atoms with Gasteiger partial charge in [-0.25, -0.2) is 14.2 Å². The van der Waals surface area contributed by atoms with Crippen LogP contribution in [0.1, 0.15) is 5.56 Å². The Bertz CT molecular complexity index is 815. The molecule has 0 fully saturated rings. The molecule has 2 aromatic rings. The maximum atomic E-state index is 13.0. The highest BCUT2D eigenvalue weighted by atomic mass is 32.2. The van der Waals surface area contributed by atoms with E-state index in [0.717, 1.165) is 16.1 Å². The molecule has 0 aliphatic carbocycles. The zero-order chi connectivity index (χ0) is 16.9. The van der Waals surface area contributed by atoms with Crippen molar-refractivity contribution >= 4 is 29.3 Å². The first kappa shape index (κ1) is 16.3. The minimum absolute atomic E-state index is 0.223. The highest BCUT2D eigenvalue weighted by Gasteiger charge is 2.20. The van der Waals surface area contributed by atoms with Crippen LogP contribution >= 0.6 is 11.8 Å². The first-order valence-corrected chi connectivity index (χ1v) is 8.00. The number of carbonyl (C=O) groups is 1. The van der Waals surface area contributed by atoms with E-state index in [4.69, 9.17) is 4.74 Å². The third kappa shape index (κ3) is 3.83. The summed E-state index contributed by atoms with van der Waals surface area (Å²) in [6.07, 6.45) is 1.35. The molecule has 0 radical (unpaired) electrons. The fourth-order valence-corrected chi connectivity index (χ4v) is 3.00. The summed E-state index contributed by atoms with van der Waals surface area (Å²) in [5, 5.41) is 0. The Morgan fingerprint density at radius 3 is 2.71 bits per heavy atom. The Labute approximate surface area is 143 Å². The summed E-state index contributed by atoms with van der Waals surface area (Å²) < 4.78 is 23.4. The number of halogens is 1. The quantitative estimate of drug-likeness (QED) is 0.618. The molecular weight excluding hydrogens is 329 g/mol. The van der Waals surface area contributed by atoms with E-state index in [-0.39, 0.29) is 12.4 Å². The smallest absolute Gasteiger partial charge is 0.331 e. The molecule has 3 rings (SSSR count).